The van der Waals surface area contributed by atoms with Crippen molar-refractivity contribution in [1.29, 1.82) is 0 Å². The van der Waals surface area contributed by atoms with Gasteiger partial charge in [-0.1, -0.05) is 13.0 Å². The van der Waals surface area contributed by atoms with E-state index >= 15 is 0 Å². The van der Waals surface area contributed by atoms with Crippen LogP contribution in [-0.4, -0.2) is 19.4 Å². The van der Waals surface area contributed by atoms with E-state index in [4.69, 9.17) is 4.74 Å². The minimum absolute atomic E-state index is 0.237. The Labute approximate surface area is 103 Å². The van der Waals surface area contributed by atoms with Gasteiger partial charge in [0.25, 0.3) is 0 Å². The molecule has 0 heterocycles. The number of hydrogen-bond acceptors (Lipinski definition) is 3. The monoisotopic (exact) mass is 235 g/mol. The van der Waals surface area contributed by atoms with Gasteiger partial charge in [0, 0.05) is 13.0 Å². The van der Waals surface area contributed by atoms with Crippen LogP contribution in [0.2, 0.25) is 0 Å². The molecule has 0 amide bonds. The molecule has 0 aromatic heterocycles. The highest BCUT2D eigenvalue weighted by Gasteiger charge is 2.03. The Hall–Kier alpha value is -1.51. The minimum Gasteiger partial charge on any atom is -0.495 e. The number of ketones is 1. The van der Waals surface area contributed by atoms with Crippen molar-refractivity contribution in [3.63, 3.8) is 0 Å². The Morgan fingerprint density at radius 2 is 2.18 bits per heavy atom. The summed E-state index contributed by atoms with van der Waals surface area (Å²) in [7, 11) is 1.67. The highest BCUT2D eigenvalue weighted by molar-refractivity contribution is 5.75. The number of carbonyl (C=O) groups is 1. The van der Waals surface area contributed by atoms with Gasteiger partial charge in [0.15, 0.2) is 0 Å². The number of methoxy groups -OCH3 is 1. The highest BCUT2D eigenvalue weighted by atomic mass is 16.5. The molecule has 1 aromatic carbocycles. The van der Waals surface area contributed by atoms with Crippen LogP contribution < -0.4 is 10.1 Å². The fraction of sp³-hybridized carbons (Fsp3) is 0.500. The molecule has 1 rings (SSSR count). The van der Waals surface area contributed by atoms with Crippen molar-refractivity contribution >= 4 is 11.5 Å². The Morgan fingerprint density at radius 3 is 2.76 bits per heavy atom. The lowest BCUT2D eigenvalue weighted by Gasteiger charge is -2.12. The van der Waals surface area contributed by atoms with Crippen molar-refractivity contribution in [2.75, 3.05) is 19.0 Å². The molecule has 3 heteroatoms. The maximum atomic E-state index is 10.8. The van der Waals surface area contributed by atoms with E-state index in [2.05, 4.69) is 24.4 Å². The Bertz CT molecular complexity index is 374. The molecule has 0 aliphatic heterocycles. The summed E-state index contributed by atoms with van der Waals surface area (Å²) in [6.07, 6.45) is 2.49. The molecule has 1 N–H and O–H groups in total. The maximum Gasteiger partial charge on any atom is 0.141 e. The summed E-state index contributed by atoms with van der Waals surface area (Å²) in [5.41, 5.74) is 2.29. The third kappa shape index (κ3) is 4.47. The zero-order valence-electron chi connectivity index (χ0n) is 10.9. The van der Waals surface area contributed by atoms with E-state index < -0.39 is 0 Å². The summed E-state index contributed by atoms with van der Waals surface area (Å²) < 4.78 is 5.29. The lowest BCUT2D eigenvalue weighted by atomic mass is 10.1. The number of Topliss-reactive ketones (excluding diaryl/α,β-unsaturated/α-hetero) is 1. The largest absolute Gasteiger partial charge is 0.495 e. The number of nitrogens with one attached hydrogen (secondary N) is 1. The maximum absolute atomic E-state index is 10.8. The number of rotatable bonds is 7. The molecule has 1 aromatic rings. The molecule has 0 unspecified atom stereocenters. The van der Waals surface area contributed by atoms with Crippen molar-refractivity contribution in [1.82, 2.24) is 0 Å². The first-order valence-corrected chi connectivity index (χ1v) is 6.07. The molecule has 0 bridgehead atoms. The number of ether oxygens (including phenoxy) is 1. The predicted octanol–water partition coefficient (Wildman–Crippen LogP) is 3.04. The number of aryl methyl sites for hydroxylation is 1. The molecule has 0 fully saturated rings. The number of anilines is 1. The van der Waals surface area contributed by atoms with Crippen molar-refractivity contribution in [3.05, 3.63) is 23.8 Å². The summed E-state index contributed by atoms with van der Waals surface area (Å²) in [4.78, 5) is 10.8. The zero-order valence-corrected chi connectivity index (χ0v) is 10.9. The van der Waals surface area contributed by atoms with Crippen LogP contribution in [0, 0.1) is 0 Å². The second-order valence-electron chi connectivity index (χ2n) is 4.12. The van der Waals surface area contributed by atoms with Gasteiger partial charge in [0.05, 0.1) is 12.8 Å². The van der Waals surface area contributed by atoms with E-state index in [9.17, 15) is 4.79 Å². The Balaban J connectivity index is 2.58. The van der Waals surface area contributed by atoms with E-state index in [0.29, 0.717) is 6.42 Å². The lowest BCUT2D eigenvalue weighted by molar-refractivity contribution is -0.117. The number of carbonyl (C=O) groups excluding carboxylic acids is 1. The SMILES string of the molecule is CCc1ccc(OC)c(NCCCC(C)=O)c1. The number of benzene rings is 1. The van der Waals surface area contributed by atoms with E-state index in [-0.39, 0.29) is 5.78 Å². The molecular weight excluding hydrogens is 214 g/mol. The second kappa shape index (κ2) is 6.94. The van der Waals surface area contributed by atoms with Crippen LogP contribution in [0.25, 0.3) is 0 Å². The highest BCUT2D eigenvalue weighted by Crippen LogP contribution is 2.25. The van der Waals surface area contributed by atoms with Crippen LogP contribution in [0.15, 0.2) is 18.2 Å². The number of hydrogen-bond donors (Lipinski definition) is 1. The summed E-state index contributed by atoms with van der Waals surface area (Å²) in [6.45, 7) is 4.54. The summed E-state index contributed by atoms with van der Waals surface area (Å²) in [5.74, 6) is 1.09. The molecule has 0 aliphatic rings. The Morgan fingerprint density at radius 1 is 1.41 bits per heavy atom. The first-order chi connectivity index (χ1) is 8.17. The van der Waals surface area contributed by atoms with Gasteiger partial charge in [-0.15, -0.1) is 0 Å². The van der Waals surface area contributed by atoms with E-state index in [0.717, 1.165) is 30.8 Å². The molecule has 0 spiro atoms. The fourth-order valence-electron chi connectivity index (χ4n) is 1.67. The van der Waals surface area contributed by atoms with Crippen LogP contribution in [0.5, 0.6) is 5.75 Å². The van der Waals surface area contributed by atoms with Gasteiger partial charge in [-0.25, -0.2) is 0 Å². The van der Waals surface area contributed by atoms with Gasteiger partial charge in [-0.2, -0.15) is 0 Å². The van der Waals surface area contributed by atoms with Crippen LogP contribution in [-0.2, 0) is 11.2 Å². The molecule has 3 nitrogen and oxygen atoms in total. The zero-order chi connectivity index (χ0) is 12.7. The minimum atomic E-state index is 0.237. The van der Waals surface area contributed by atoms with Gasteiger partial charge in [0.1, 0.15) is 11.5 Å². The third-order valence-electron chi connectivity index (χ3n) is 2.69. The van der Waals surface area contributed by atoms with Gasteiger partial charge in [-0.05, 0) is 37.5 Å². The standard InChI is InChI=1S/C14H21NO2/c1-4-12-7-8-14(17-3)13(10-12)15-9-5-6-11(2)16/h7-8,10,15H,4-6,9H2,1-3H3. The van der Waals surface area contributed by atoms with Gasteiger partial charge >= 0.3 is 0 Å². The molecule has 0 atom stereocenters. The van der Waals surface area contributed by atoms with Crippen molar-refractivity contribution in [2.24, 2.45) is 0 Å². The van der Waals surface area contributed by atoms with E-state index in [1.165, 1.54) is 5.56 Å². The van der Waals surface area contributed by atoms with Crippen molar-refractivity contribution < 1.29 is 9.53 Å². The van der Waals surface area contributed by atoms with Gasteiger partial charge in [-0.3, -0.25) is 0 Å². The molecule has 0 saturated heterocycles. The molecule has 0 radical (unpaired) electrons. The molecule has 0 saturated carbocycles. The smallest absolute Gasteiger partial charge is 0.141 e. The van der Waals surface area contributed by atoms with Gasteiger partial charge in [0.2, 0.25) is 0 Å². The van der Waals surface area contributed by atoms with Crippen molar-refractivity contribution in [3.8, 4) is 5.75 Å². The topological polar surface area (TPSA) is 38.3 Å². The van der Waals surface area contributed by atoms with E-state index in [1.54, 1.807) is 14.0 Å². The molecule has 0 aliphatic carbocycles. The summed E-state index contributed by atoms with van der Waals surface area (Å²) in [5, 5.41) is 3.32. The average molecular weight is 235 g/mol. The third-order valence-corrected chi connectivity index (χ3v) is 2.69. The van der Waals surface area contributed by atoms with Crippen LogP contribution in [0.1, 0.15) is 32.3 Å². The van der Waals surface area contributed by atoms with Crippen LogP contribution in [0.4, 0.5) is 5.69 Å². The lowest BCUT2D eigenvalue weighted by Crippen LogP contribution is -2.05. The van der Waals surface area contributed by atoms with E-state index in [1.807, 2.05) is 6.07 Å². The van der Waals surface area contributed by atoms with Crippen molar-refractivity contribution in [2.45, 2.75) is 33.1 Å². The molecule has 94 valence electrons. The molecular formula is C14H21NO2. The summed E-state index contributed by atoms with van der Waals surface area (Å²) in [6, 6.07) is 6.15. The fourth-order valence-corrected chi connectivity index (χ4v) is 1.67. The average Bonchev–Trinajstić information content (AvgIpc) is 2.34. The molecule has 17 heavy (non-hydrogen) atoms. The first kappa shape index (κ1) is 13.6. The normalized spacial score (nSPS) is 10.1. The van der Waals surface area contributed by atoms with Crippen LogP contribution >= 0.6 is 0 Å². The van der Waals surface area contributed by atoms with Crippen LogP contribution in [0.3, 0.4) is 0 Å². The Kier molecular flexibility index (Phi) is 5.53. The quantitative estimate of drug-likeness (QED) is 0.738. The van der Waals surface area contributed by atoms with Gasteiger partial charge < -0.3 is 14.8 Å². The predicted molar refractivity (Wildman–Crippen MR) is 70.8 cm³/mol. The second-order valence-corrected chi connectivity index (χ2v) is 4.12. The summed E-state index contributed by atoms with van der Waals surface area (Å²) >= 11 is 0. The first-order valence-electron chi connectivity index (χ1n) is 6.07.